The molecule has 3 unspecified atom stereocenters. The van der Waals surface area contributed by atoms with Gasteiger partial charge in [0.2, 0.25) is 5.91 Å². The molecular weight excluding hydrogens is 446 g/mol. The van der Waals surface area contributed by atoms with Crippen LogP contribution < -0.4 is 9.96 Å². The molecule has 2 saturated heterocycles. The van der Waals surface area contributed by atoms with Crippen LogP contribution in [0.25, 0.3) is 0 Å². The first kappa shape index (κ1) is 21.1. The Morgan fingerprint density at radius 3 is 2.45 bits per heavy atom. The number of amides is 2. The highest BCUT2D eigenvalue weighted by atomic mass is 35.5. The molecule has 9 heteroatoms. The predicted octanol–water partition coefficient (Wildman–Crippen LogP) is 4.61. The van der Waals surface area contributed by atoms with Gasteiger partial charge in [-0.05, 0) is 42.3 Å². The van der Waals surface area contributed by atoms with Crippen LogP contribution in [0, 0.1) is 23.0 Å². The van der Waals surface area contributed by atoms with E-state index >= 15 is 0 Å². The topological polar surface area (TPSA) is 93.0 Å². The predicted molar refractivity (Wildman–Crippen MR) is 122 cm³/mol. The number of nitro benzene ring substituents is 1. The van der Waals surface area contributed by atoms with Crippen molar-refractivity contribution < 1.29 is 19.3 Å². The molecule has 0 spiro atoms. The van der Waals surface area contributed by atoms with Gasteiger partial charge in [0.05, 0.1) is 22.3 Å². The van der Waals surface area contributed by atoms with E-state index in [2.05, 4.69) is 0 Å². The molecule has 166 valence electrons. The summed E-state index contributed by atoms with van der Waals surface area (Å²) in [5.74, 6) is -1.84. The van der Waals surface area contributed by atoms with Crippen molar-refractivity contribution in [2.24, 2.45) is 5.92 Å². The third-order valence-electron chi connectivity index (χ3n) is 5.96. The van der Waals surface area contributed by atoms with Crippen molar-refractivity contribution >= 4 is 40.5 Å². The molecule has 3 aromatic carbocycles. The zero-order valence-electron chi connectivity index (χ0n) is 17.4. The Hall–Kier alpha value is -3.75. The summed E-state index contributed by atoms with van der Waals surface area (Å²) in [5.41, 5.74) is 2.31. The number of imide groups is 1. The minimum absolute atomic E-state index is 0.107. The zero-order valence-corrected chi connectivity index (χ0v) is 18.2. The van der Waals surface area contributed by atoms with Gasteiger partial charge in [0.1, 0.15) is 5.92 Å². The number of benzene rings is 3. The fourth-order valence-electron chi connectivity index (χ4n) is 4.47. The van der Waals surface area contributed by atoms with E-state index < -0.39 is 34.8 Å². The Morgan fingerprint density at radius 2 is 1.73 bits per heavy atom. The van der Waals surface area contributed by atoms with Crippen LogP contribution in [0.4, 0.5) is 17.1 Å². The third-order valence-corrected chi connectivity index (χ3v) is 6.19. The number of nitro groups is 1. The summed E-state index contributed by atoms with van der Waals surface area (Å²) in [5, 5.41) is 13.3. The summed E-state index contributed by atoms with van der Waals surface area (Å²) in [6.45, 7) is 1.89. The molecule has 2 aliphatic rings. The van der Waals surface area contributed by atoms with Gasteiger partial charge in [-0.25, -0.2) is 9.96 Å². The van der Waals surface area contributed by atoms with Crippen LogP contribution in [0.15, 0.2) is 72.8 Å². The second-order valence-electron chi connectivity index (χ2n) is 7.95. The molecule has 0 aromatic heterocycles. The summed E-state index contributed by atoms with van der Waals surface area (Å²) < 4.78 is 0. The summed E-state index contributed by atoms with van der Waals surface area (Å²) in [6, 6.07) is 19.2. The second kappa shape index (κ2) is 7.99. The number of rotatable bonds is 4. The van der Waals surface area contributed by atoms with Crippen LogP contribution in [0.3, 0.4) is 0 Å². The van der Waals surface area contributed by atoms with Gasteiger partial charge in [-0.15, -0.1) is 0 Å². The lowest BCUT2D eigenvalue weighted by Gasteiger charge is -2.29. The van der Waals surface area contributed by atoms with E-state index in [1.54, 1.807) is 36.4 Å². The number of aryl methyl sites for hydroxylation is 1. The molecule has 2 fully saturated rings. The van der Waals surface area contributed by atoms with Gasteiger partial charge in [-0.2, -0.15) is 0 Å². The third kappa shape index (κ3) is 3.44. The van der Waals surface area contributed by atoms with Gasteiger partial charge in [0.15, 0.2) is 6.10 Å². The van der Waals surface area contributed by atoms with Crippen LogP contribution in [-0.2, 0) is 14.4 Å². The first-order valence-electron chi connectivity index (χ1n) is 10.3. The van der Waals surface area contributed by atoms with Crippen LogP contribution in [0.1, 0.15) is 17.2 Å². The van der Waals surface area contributed by atoms with Gasteiger partial charge < -0.3 is 0 Å². The molecule has 3 atom stereocenters. The normalized spacial score (nSPS) is 22.1. The van der Waals surface area contributed by atoms with Crippen LogP contribution in [0.5, 0.6) is 0 Å². The highest BCUT2D eigenvalue weighted by Crippen LogP contribution is 2.48. The maximum atomic E-state index is 13.6. The summed E-state index contributed by atoms with van der Waals surface area (Å²) in [6.07, 6.45) is -1.07. The van der Waals surface area contributed by atoms with Gasteiger partial charge in [-0.1, -0.05) is 48.0 Å². The van der Waals surface area contributed by atoms with E-state index in [-0.39, 0.29) is 5.69 Å². The lowest BCUT2D eigenvalue weighted by Crippen LogP contribution is -2.37. The molecule has 0 saturated carbocycles. The van der Waals surface area contributed by atoms with Crippen molar-refractivity contribution in [1.29, 1.82) is 0 Å². The molecule has 0 aliphatic carbocycles. The average molecular weight is 464 g/mol. The number of non-ortho nitro benzene ring substituents is 1. The number of hydrogen-bond donors (Lipinski definition) is 0. The lowest BCUT2D eigenvalue weighted by molar-refractivity contribution is -0.384. The quantitative estimate of drug-likeness (QED) is 0.319. The van der Waals surface area contributed by atoms with Crippen LogP contribution in [0.2, 0.25) is 5.02 Å². The zero-order chi connectivity index (χ0) is 23.3. The first-order valence-corrected chi connectivity index (χ1v) is 10.6. The molecule has 0 radical (unpaired) electrons. The number of carbonyl (C=O) groups is 2. The average Bonchev–Trinajstić information content (AvgIpc) is 3.30. The van der Waals surface area contributed by atoms with E-state index in [1.807, 2.05) is 31.2 Å². The molecule has 2 aliphatic heterocycles. The van der Waals surface area contributed by atoms with Crippen LogP contribution in [-0.4, -0.2) is 22.8 Å². The number of para-hydroxylation sites is 1. The molecular formula is C24H18ClN3O5. The molecule has 0 bridgehead atoms. The second-order valence-corrected chi connectivity index (χ2v) is 8.39. The molecule has 2 heterocycles. The van der Waals surface area contributed by atoms with E-state index in [1.165, 1.54) is 17.2 Å². The Bertz CT molecular complexity index is 1300. The highest BCUT2D eigenvalue weighted by Gasteiger charge is 2.60. The van der Waals surface area contributed by atoms with Gasteiger partial charge in [0.25, 0.3) is 11.6 Å². The Labute approximate surface area is 194 Å². The van der Waals surface area contributed by atoms with Crippen molar-refractivity contribution in [3.05, 3.63) is 99.1 Å². The smallest absolute Gasteiger partial charge is 0.269 e. The molecule has 8 nitrogen and oxygen atoms in total. The van der Waals surface area contributed by atoms with E-state index in [4.69, 9.17) is 16.4 Å². The van der Waals surface area contributed by atoms with Crippen molar-refractivity contribution in [2.75, 3.05) is 9.96 Å². The number of hydroxylamine groups is 1. The highest BCUT2D eigenvalue weighted by molar-refractivity contribution is 6.31. The Kier molecular flexibility index (Phi) is 5.11. The number of carbonyl (C=O) groups excluding carboxylic acids is 2. The first-order chi connectivity index (χ1) is 15.9. The number of halogens is 1. The van der Waals surface area contributed by atoms with E-state index in [9.17, 15) is 19.7 Å². The Morgan fingerprint density at radius 1 is 0.970 bits per heavy atom. The summed E-state index contributed by atoms with van der Waals surface area (Å²) in [4.78, 5) is 45.0. The van der Waals surface area contributed by atoms with Crippen molar-refractivity contribution in [3.63, 3.8) is 0 Å². The van der Waals surface area contributed by atoms with E-state index in [0.29, 0.717) is 22.0 Å². The SMILES string of the molecule is Cc1ccccc1N1OC2C(=O)N(c3cccc(Cl)c3)C(=O)C2C1c1cccc([N+](=O)[O-])c1. The summed E-state index contributed by atoms with van der Waals surface area (Å²) >= 11 is 6.08. The molecule has 0 N–H and O–H groups in total. The fourth-order valence-corrected chi connectivity index (χ4v) is 4.65. The summed E-state index contributed by atoms with van der Waals surface area (Å²) in [7, 11) is 0. The van der Waals surface area contributed by atoms with Gasteiger partial charge >= 0.3 is 0 Å². The molecule has 33 heavy (non-hydrogen) atoms. The van der Waals surface area contributed by atoms with Crippen molar-refractivity contribution in [2.45, 2.75) is 19.1 Å². The fraction of sp³-hybridized carbons (Fsp3) is 0.167. The standard InChI is InChI=1S/C24H18ClN3O5/c1-14-6-2-3-11-19(14)27-21(15-7-4-10-18(12-15)28(31)32)20-22(33-27)24(30)26(23(20)29)17-9-5-8-16(25)13-17/h2-13,20-22H,1H3. The van der Waals surface area contributed by atoms with Crippen molar-refractivity contribution in [3.8, 4) is 0 Å². The lowest BCUT2D eigenvalue weighted by atomic mass is 9.90. The van der Waals surface area contributed by atoms with Crippen molar-refractivity contribution in [1.82, 2.24) is 0 Å². The maximum absolute atomic E-state index is 13.6. The maximum Gasteiger partial charge on any atom is 0.269 e. The largest absolute Gasteiger partial charge is 0.273 e. The number of fused-ring (bicyclic) bond motifs is 1. The van der Waals surface area contributed by atoms with Gasteiger partial charge in [-0.3, -0.25) is 24.5 Å². The van der Waals surface area contributed by atoms with Crippen LogP contribution >= 0.6 is 11.6 Å². The minimum atomic E-state index is -1.07. The van der Waals surface area contributed by atoms with Gasteiger partial charge in [0, 0.05) is 17.2 Å². The molecule has 3 aromatic rings. The monoisotopic (exact) mass is 463 g/mol. The molecule has 5 rings (SSSR count). The number of anilines is 2. The number of nitrogens with zero attached hydrogens (tertiary/aromatic N) is 3. The molecule has 2 amide bonds. The minimum Gasteiger partial charge on any atom is -0.273 e. The van der Waals surface area contributed by atoms with E-state index in [0.717, 1.165) is 10.5 Å². The number of hydrogen-bond acceptors (Lipinski definition) is 6. The Balaban J connectivity index is 1.63.